The van der Waals surface area contributed by atoms with Gasteiger partial charge in [-0.15, -0.1) is 5.10 Å². The van der Waals surface area contributed by atoms with E-state index in [0.29, 0.717) is 24.2 Å². The number of rotatable bonds is 6. The summed E-state index contributed by atoms with van der Waals surface area (Å²) >= 11 is 0. The van der Waals surface area contributed by atoms with Crippen molar-refractivity contribution in [3.8, 4) is 0 Å². The summed E-state index contributed by atoms with van der Waals surface area (Å²) in [5.74, 6) is 0.0110. The standard InChI is InChI=1S/C18H24N6O/c25-18(21-17-10-9-16(17)20-15-3-1-2-4-15)14-7-5-13(6-8-14)11-24-12-19-22-23-24/h5-8,12,15-17,20H,1-4,9-11H2,(H,21,25). The maximum atomic E-state index is 12.5. The first-order chi connectivity index (χ1) is 12.3. The van der Waals surface area contributed by atoms with Crippen LogP contribution in [0.4, 0.5) is 0 Å². The Morgan fingerprint density at radius 1 is 1.08 bits per heavy atom. The quantitative estimate of drug-likeness (QED) is 0.833. The molecule has 2 unspecified atom stereocenters. The molecule has 2 aliphatic rings. The van der Waals surface area contributed by atoms with Crippen LogP contribution < -0.4 is 10.6 Å². The van der Waals surface area contributed by atoms with E-state index in [4.69, 9.17) is 0 Å². The van der Waals surface area contributed by atoms with Crippen molar-refractivity contribution in [1.29, 1.82) is 0 Å². The number of carbonyl (C=O) groups is 1. The van der Waals surface area contributed by atoms with E-state index in [2.05, 4.69) is 26.2 Å². The lowest BCUT2D eigenvalue weighted by Crippen LogP contribution is -2.58. The lowest BCUT2D eigenvalue weighted by molar-refractivity contribution is 0.0889. The molecule has 0 spiro atoms. The smallest absolute Gasteiger partial charge is 0.251 e. The van der Waals surface area contributed by atoms with Crippen LogP contribution in [0.2, 0.25) is 0 Å². The van der Waals surface area contributed by atoms with Gasteiger partial charge >= 0.3 is 0 Å². The molecular weight excluding hydrogens is 316 g/mol. The van der Waals surface area contributed by atoms with Gasteiger partial charge in [-0.2, -0.15) is 0 Å². The number of nitrogens with one attached hydrogen (secondary N) is 2. The number of hydrogen-bond donors (Lipinski definition) is 2. The van der Waals surface area contributed by atoms with E-state index in [1.165, 1.54) is 25.7 Å². The third-order valence-electron chi connectivity index (χ3n) is 5.35. The summed E-state index contributed by atoms with van der Waals surface area (Å²) in [6.07, 6.45) is 9.02. The number of aromatic nitrogens is 4. The lowest BCUT2D eigenvalue weighted by atomic mass is 9.85. The van der Waals surface area contributed by atoms with Gasteiger partial charge in [0.1, 0.15) is 6.33 Å². The van der Waals surface area contributed by atoms with Crippen molar-refractivity contribution < 1.29 is 4.79 Å². The first-order valence-electron chi connectivity index (χ1n) is 9.14. The van der Waals surface area contributed by atoms with E-state index in [1.807, 2.05) is 24.3 Å². The molecule has 1 aromatic heterocycles. The molecule has 2 atom stereocenters. The molecule has 7 heteroatoms. The lowest BCUT2D eigenvalue weighted by Gasteiger charge is -2.39. The summed E-state index contributed by atoms with van der Waals surface area (Å²) in [5, 5.41) is 18.0. The molecule has 0 bridgehead atoms. The molecule has 1 heterocycles. The Balaban J connectivity index is 1.30. The highest BCUT2D eigenvalue weighted by molar-refractivity contribution is 5.94. The van der Waals surface area contributed by atoms with E-state index in [0.717, 1.165) is 18.4 Å². The maximum Gasteiger partial charge on any atom is 0.251 e. The number of benzene rings is 1. The van der Waals surface area contributed by atoms with Gasteiger partial charge in [-0.05, 0) is 53.8 Å². The van der Waals surface area contributed by atoms with Gasteiger partial charge in [-0.3, -0.25) is 4.79 Å². The van der Waals surface area contributed by atoms with Gasteiger partial charge in [0.25, 0.3) is 5.91 Å². The molecule has 2 fully saturated rings. The zero-order valence-electron chi connectivity index (χ0n) is 14.3. The largest absolute Gasteiger partial charge is 0.348 e. The fraction of sp³-hybridized carbons (Fsp3) is 0.556. The van der Waals surface area contributed by atoms with Gasteiger partial charge in [-0.25, -0.2) is 4.68 Å². The highest BCUT2D eigenvalue weighted by atomic mass is 16.1. The van der Waals surface area contributed by atoms with E-state index in [1.54, 1.807) is 11.0 Å². The second-order valence-electron chi connectivity index (χ2n) is 7.12. The second-order valence-corrected chi connectivity index (χ2v) is 7.12. The summed E-state index contributed by atoms with van der Waals surface area (Å²) < 4.78 is 1.66. The minimum Gasteiger partial charge on any atom is -0.348 e. The molecule has 1 amide bonds. The van der Waals surface area contributed by atoms with Gasteiger partial charge in [0.05, 0.1) is 6.54 Å². The van der Waals surface area contributed by atoms with E-state index in [9.17, 15) is 4.79 Å². The zero-order valence-corrected chi connectivity index (χ0v) is 14.3. The van der Waals surface area contributed by atoms with Crippen molar-refractivity contribution in [2.24, 2.45) is 0 Å². The highest BCUT2D eigenvalue weighted by Crippen LogP contribution is 2.25. The summed E-state index contributed by atoms with van der Waals surface area (Å²) in [7, 11) is 0. The Hall–Kier alpha value is -2.28. The second kappa shape index (κ2) is 7.31. The summed E-state index contributed by atoms with van der Waals surface area (Å²) in [5.41, 5.74) is 1.76. The summed E-state index contributed by atoms with van der Waals surface area (Å²) in [6.45, 7) is 0.602. The van der Waals surface area contributed by atoms with Crippen molar-refractivity contribution >= 4 is 5.91 Å². The number of tetrazole rings is 1. The SMILES string of the molecule is O=C(NC1CCC1NC1CCCC1)c1ccc(Cn2cnnn2)cc1. The number of amides is 1. The molecule has 0 aliphatic heterocycles. The highest BCUT2D eigenvalue weighted by Gasteiger charge is 2.34. The predicted octanol–water partition coefficient (Wildman–Crippen LogP) is 1.51. The van der Waals surface area contributed by atoms with Gasteiger partial charge in [-0.1, -0.05) is 25.0 Å². The van der Waals surface area contributed by atoms with Crippen molar-refractivity contribution in [1.82, 2.24) is 30.8 Å². The fourth-order valence-corrected chi connectivity index (χ4v) is 3.72. The molecule has 2 saturated carbocycles. The fourth-order valence-electron chi connectivity index (χ4n) is 3.72. The Labute approximate surface area is 147 Å². The molecule has 25 heavy (non-hydrogen) atoms. The van der Waals surface area contributed by atoms with Crippen molar-refractivity contribution in [2.45, 2.75) is 63.2 Å². The average Bonchev–Trinajstić information content (AvgIpc) is 3.31. The molecule has 1 aromatic carbocycles. The van der Waals surface area contributed by atoms with Crippen molar-refractivity contribution in [3.05, 3.63) is 41.7 Å². The summed E-state index contributed by atoms with van der Waals surface area (Å²) in [4.78, 5) is 12.5. The molecule has 4 rings (SSSR count). The molecule has 2 N–H and O–H groups in total. The molecule has 0 saturated heterocycles. The third kappa shape index (κ3) is 3.87. The third-order valence-corrected chi connectivity index (χ3v) is 5.35. The van der Waals surface area contributed by atoms with Crippen LogP contribution in [0.25, 0.3) is 0 Å². The van der Waals surface area contributed by atoms with Crippen molar-refractivity contribution in [3.63, 3.8) is 0 Å². The van der Waals surface area contributed by atoms with Crippen LogP contribution in [-0.4, -0.2) is 44.2 Å². The van der Waals surface area contributed by atoms with Crippen LogP contribution in [0.5, 0.6) is 0 Å². The van der Waals surface area contributed by atoms with Gasteiger partial charge < -0.3 is 10.6 Å². The minimum atomic E-state index is 0.0110. The molecule has 132 valence electrons. The first-order valence-corrected chi connectivity index (χ1v) is 9.14. The Morgan fingerprint density at radius 3 is 2.48 bits per heavy atom. The molecule has 7 nitrogen and oxygen atoms in total. The van der Waals surface area contributed by atoms with Crippen LogP contribution in [-0.2, 0) is 6.54 Å². The predicted molar refractivity (Wildman–Crippen MR) is 93.0 cm³/mol. The minimum absolute atomic E-state index is 0.0110. The monoisotopic (exact) mass is 340 g/mol. The first kappa shape index (κ1) is 16.2. The van der Waals surface area contributed by atoms with Crippen LogP contribution in [0.3, 0.4) is 0 Å². The van der Waals surface area contributed by atoms with Crippen LogP contribution in [0, 0.1) is 0 Å². The number of hydrogen-bond acceptors (Lipinski definition) is 5. The average molecular weight is 340 g/mol. The topological polar surface area (TPSA) is 84.7 Å². The molecule has 2 aliphatic carbocycles. The Bertz CT molecular complexity index is 693. The normalized spacial score (nSPS) is 23.4. The zero-order chi connectivity index (χ0) is 17.1. The maximum absolute atomic E-state index is 12.5. The van der Waals surface area contributed by atoms with Gasteiger partial charge in [0.2, 0.25) is 0 Å². The van der Waals surface area contributed by atoms with Crippen LogP contribution in [0.1, 0.15) is 54.4 Å². The van der Waals surface area contributed by atoms with Crippen LogP contribution >= 0.6 is 0 Å². The van der Waals surface area contributed by atoms with E-state index in [-0.39, 0.29) is 11.9 Å². The molecule has 0 radical (unpaired) electrons. The molecular formula is C18H24N6O. The Kier molecular flexibility index (Phi) is 4.74. The van der Waals surface area contributed by atoms with E-state index < -0.39 is 0 Å². The van der Waals surface area contributed by atoms with Gasteiger partial charge in [0.15, 0.2) is 0 Å². The summed E-state index contributed by atoms with van der Waals surface area (Å²) in [6, 6.07) is 8.98. The van der Waals surface area contributed by atoms with Crippen LogP contribution in [0.15, 0.2) is 30.6 Å². The van der Waals surface area contributed by atoms with E-state index >= 15 is 0 Å². The Morgan fingerprint density at radius 2 is 1.84 bits per heavy atom. The molecule has 2 aromatic rings. The van der Waals surface area contributed by atoms with Crippen molar-refractivity contribution in [2.75, 3.05) is 0 Å². The van der Waals surface area contributed by atoms with Gasteiger partial charge in [0, 0.05) is 23.7 Å². The number of carbonyl (C=O) groups excluding carboxylic acids is 1. The number of nitrogens with zero attached hydrogens (tertiary/aromatic N) is 4.